The first-order chi connectivity index (χ1) is 14.1. The number of pyridine rings is 1. The highest BCUT2D eigenvalue weighted by atomic mass is 16.1. The fraction of sp³-hybridized carbons (Fsp3) is 0.0909. The Kier molecular flexibility index (Phi) is 5.03. The second-order valence-electron chi connectivity index (χ2n) is 6.71. The van der Waals surface area contributed by atoms with E-state index in [0.29, 0.717) is 24.0 Å². The summed E-state index contributed by atoms with van der Waals surface area (Å²) in [5.41, 5.74) is 9.74. The van der Waals surface area contributed by atoms with Crippen LogP contribution in [0.15, 0.2) is 66.9 Å². The normalized spacial score (nSPS) is 10.7. The summed E-state index contributed by atoms with van der Waals surface area (Å²) in [6.45, 7) is 2.40. The molecular formula is C22H20N6O. The van der Waals surface area contributed by atoms with Gasteiger partial charge in [-0.1, -0.05) is 29.8 Å². The molecule has 0 aliphatic heterocycles. The second-order valence-corrected chi connectivity index (χ2v) is 6.71. The van der Waals surface area contributed by atoms with Gasteiger partial charge in [0.2, 0.25) is 5.95 Å². The lowest BCUT2D eigenvalue weighted by molar-refractivity contribution is 0.0946. The average molecular weight is 384 g/mol. The number of anilines is 3. The Hall–Kier alpha value is -4.00. The van der Waals surface area contributed by atoms with Crippen LogP contribution in [0, 0.1) is 6.92 Å². The van der Waals surface area contributed by atoms with E-state index in [1.165, 1.54) is 5.56 Å². The largest absolute Gasteiger partial charge is 0.384 e. The van der Waals surface area contributed by atoms with Crippen LogP contribution in [0.1, 0.15) is 21.6 Å². The number of aromatic nitrogens is 3. The number of nitrogen functional groups attached to an aromatic ring is 1. The van der Waals surface area contributed by atoms with Crippen molar-refractivity contribution in [2.24, 2.45) is 0 Å². The molecule has 0 aliphatic carbocycles. The van der Waals surface area contributed by atoms with Crippen LogP contribution in [0.2, 0.25) is 0 Å². The molecular weight excluding hydrogens is 364 g/mol. The number of carbonyl (C=O) groups excluding carboxylic acids is 1. The van der Waals surface area contributed by atoms with Crippen LogP contribution < -0.4 is 16.4 Å². The van der Waals surface area contributed by atoms with Gasteiger partial charge in [0.1, 0.15) is 11.5 Å². The van der Waals surface area contributed by atoms with E-state index in [0.717, 1.165) is 22.2 Å². The van der Waals surface area contributed by atoms with Crippen LogP contribution in [0.4, 0.5) is 17.5 Å². The first kappa shape index (κ1) is 18.4. The Morgan fingerprint density at radius 3 is 2.76 bits per heavy atom. The zero-order valence-corrected chi connectivity index (χ0v) is 15.9. The van der Waals surface area contributed by atoms with Crippen molar-refractivity contribution in [1.29, 1.82) is 0 Å². The van der Waals surface area contributed by atoms with Crippen LogP contribution >= 0.6 is 0 Å². The highest BCUT2D eigenvalue weighted by Crippen LogP contribution is 2.18. The summed E-state index contributed by atoms with van der Waals surface area (Å²) in [5.74, 6) is 0.560. The molecule has 4 N–H and O–H groups in total. The Morgan fingerprint density at radius 2 is 1.90 bits per heavy atom. The van der Waals surface area contributed by atoms with Gasteiger partial charge in [0, 0.05) is 23.8 Å². The number of fused-ring (bicyclic) bond motifs is 1. The van der Waals surface area contributed by atoms with Gasteiger partial charge >= 0.3 is 0 Å². The molecule has 144 valence electrons. The van der Waals surface area contributed by atoms with Gasteiger partial charge in [0.05, 0.1) is 5.52 Å². The number of hydrogen-bond donors (Lipinski definition) is 3. The number of amides is 1. The monoisotopic (exact) mass is 384 g/mol. The molecule has 0 radical (unpaired) electrons. The Morgan fingerprint density at radius 1 is 1.03 bits per heavy atom. The highest BCUT2D eigenvalue weighted by molar-refractivity contribution is 5.92. The highest BCUT2D eigenvalue weighted by Gasteiger charge is 2.08. The third-order valence-corrected chi connectivity index (χ3v) is 4.37. The summed E-state index contributed by atoms with van der Waals surface area (Å²) in [7, 11) is 0. The van der Waals surface area contributed by atoms with E-state index < -0.39 is 0 Å². The zero-order valence-electron chi connectivity index (χ0n) is 15.9. The van der Waals surface area contributed by atoms with Gasteiger partial charge in [0.15, 0.2) is 0 Å². The molecule has 0 unspecified atom stereocenters. The number of aryl methyl sites for hydroxylation is 1. The molecule has 4 rings (SSSR count). The quantitative estimate of drug-likeness (QED) is 0.486. The number of rotatable bonds is 5. The van der Waals surface area contributed by atoms with Gasteiger partial charge in [-0.25, -0.2) is 15.0 Å². The Labute approximate surface area is 168 Å². The topological polar surface area (TPSA) is 106 Å². The molecule has 1 amide bonds. The molecule has 29 heavy (non-hydrogen) atoms. The van der Waals surface area contributed by atoms with Crippen LogP contribution in [0.5, 0.6) is 0 Å². The minimum Gasteiger partial charge on any atom is -0.384 e. The van der Waals surface area contributed by atoms with Gasteiger partial charge in [-0.05, 0) is 48.9 Å². The maximum Gasteiger partial charge on any atom is 0.270 e. The molecule has 0 saturated heterocycles. The molecule has 7 heteroatoms. The van der Waals surface area contributed by atoms with Gasteiger partial charge in [-0.15, -0.1) is 0 Å². The standard InChI is InChI=1S/C22H20N6O/c1-14-8-9-18-16(10-14)13-25-22(28-18)26-17-5-2-4-15(11-17)12-24-21(29)19-6-3-7-20(23)27-19/h2-11,13H,12H2,1H3,(H2,23,27)(H,24,29)(H,25,26,28). The number of nitrogens with two attached hydrogens (primary N) is 1. The van der Waals surface area contributed by atoms with Crippen molar-refractivity contribution >= 4 is 34.3 Å². The maximum absolute atomic E-state index is 12.2. The van der Waals surface area contributed by atoms with Crippen molar-refractivity contribution in [3.63, 3.8) is 0 Å². The molecule has 4 aromatic rings. The number of benzene rings is 2. The van der Waals surface area contributed by atoms with E-state index >= 15 is 0 Å². The maximum atomic E-state index is 12.2. The lowest BCUT2D eigenvalue weighted by atomic mass is 10.2. The number of carbonyl (C=O) groups is 1. The molecule has 0 atom stereocenters. The van der Waals surface area contributed by atoms with Gasteiger partial charge in [-0.3, -0.25) is 4.79 Å². The predicted octanol–water partition coefficient (Wildman–Crippen LogP) is 3.59. The zero-order chi connectivity index (χ0) is 20.2. The van der Waals surface area contributed by atoms with Gasteiger partial charge in [-0.2, -0.15) is 0 Å². The Bertz CT molecular complexity index is 1190. The summed E-state index contributed by atoms with van der Waals surface area (Å²) < 4.78 is 0. The minimum absolute atomic E-state index is 0.274. The van der Waals surface area contributed by atoms with Crippen molar-refractivity contribution in [3.8, 4) is 0 Å². The Balaban J connectivity index is 1.44. The van der Waals surface area contributed by atoms with E-state index in [1.807, 2.05) is 43.3 Å². The first-order valence-corrected chi connectivity index (χ1v) is 9.17. The fourth-order valence-electron chi connectivity index (χ4n) is 2.95. The summed E-state index contributed by atoms with van der Waals surface area (Å²) in [6, 6.07) is 18.7. The molecule has 0 bridgehead atoms. The predicted molar refractivity (Wildman–Crippen MR) is 114 cm³/mol. The molecule has 2 aromatic heterocycles. The minimum atomic E-state index is -0.274. The molecule has 0 fully saturated rings. The van der Waals surface area contributed by atoms with Gasteiger partial charge in [0.25, 0.3) is 5.91 Å². The van der Waals surface area contributed by atoms with E-state index in [9.17, 15) is 4.79 Å². The van der Waals surface area contributed by atoms with E-state index in [-0.39, 0.29) is 5.91 Å². The first-order valence-electron chi connectivity index (χ1n) is 9.17. The number of nitrogens with one attached hydrogen (secondary N) is 2. The summed E-state index contributed by atoms with van der Waals surface area (Å²) in [5, 5.41) is 7.06. The van der Waals surface area contributed by atoms with Crippen molar-refractivity contribution in [2.75, 3.05) is 11.1 Å². The van der Waals surface area contributed by atoms with Crippen LogP contribution in [-0.4, -0.2) is 20.9 Å². The number of hydrogen-bond acceptors (Lipinski definition) is 6. The third kappa shape index (κ3) is 4.47. The van der Waals surface area contributed by atoms with Gasteiger partial charge < -0.3 is 16.4 Å². The van der Waals surface area contributed by atoms with Crippen LogP contribution in [0.25, 0.3) is 10.9 Å². The van der Waals surface area contributed by atoms with E-state index in [4.69, 9.17) is 5.73 Å². The summed E-state index contributed by atoms with van der Waals surface area (Å²) >= 11 is 0. The second kappa shape index (κ2) is 7.93. The average Bonchev–Trinajstić information content (AvgIpc) is 2.72. The molecule has 0 saturated carbocycles. The smallest absolute Gasteiger partial charge is 0.270 e. The summed E-state index contributed by atoms with van der Waals surface area (Å²) in [6.07, 6.45) is 1.81. The molecule has 2 heterocycles. The van der Waals surface area contributed by atoms with Crippen molar-refractivity contribution < 1.29 is 4.79 Å². The third-order valence-electron chi connectivity index (χ3n) is 4.37. The molecule has 2 aromatic carbocycles. The number of nitrogens with zero attached hydrogens (tertiary/aromatic N) is 3. The van der Waals surface area contributed by atoms with Crippen LogP contribution in [0.3, 0.4) is 0 Å². The summed E-state index contributed by atoms with van der Waals surface area (Å²) in [4.78, 5) is 25.2. The SMILES string of the molecule is Cc1ccc2nc(Nc3cccc(CNC(=O)c4cccc(N)n4)c3)ncc2c1. The van der Waals surface area contributed by atoms with Crippen molar-refractivity contribution in [2.45, 2.75) is 13.5 Å². The lowest BCUT2D eigenvalue weighted by Gasteiger charge is -2.09. The molecule has 0 spiro atoms. The van der Waals surface area contributed by atoms with Crippen molar-refractivity contribution in [1.82, 2.24) is 20.3 Å². The fourth-order valence-corrected chi connectivity index (χ4v) is 2.95. The van der Waals surface area contributed by atoms with E-state index in [2.05, 4.69) is 31.7 Å². The van der Waals surface area contributed by atoms with Crippen LogP contribution in [-0.2, 0) is 6.54 Å². The van der Waals surface area contributed by atoms with Crippen molar-refractivity contribution in [3.05, 3.63) is 83.7 Å². The van der Waals surface area contributed by atoms with E-state index in [1.54, 1.807) is 24.4 Å². The molecule has 7 nitrogen and oxygen atoms in total. The molecule has 0 aliphatic rings. The lowest BCUT2D eigenvalue weighted by Crippen LogP contribution is -2.24.